The Morgan fingerprint density at radius 2 is 1.94 bits per heavy atom. The van der Waals surface area contributed by atoms with Gasteiger partial charge in [-0.1, -0.05) is 36.4 Å². The van der Waals surface area contributed by atoms with Crippen LogP contribution >= 0.6 is 0 Å². The molecule has 1 fully saturated rings. The average molecular weight is 471 g/mol. The molecule has 35 heavy (non-hydrogen) atoms. The summed E-state index contributed by atoms with van der Waals surface area (Å²) in [5.74, 6) is 0.441. The van der Waals surface area contributed by atoms with Crippen molar-refractivity contribution in [3.63, 3.8) is 0 Å². The van der Waals surface area contributed by atoms with Crippen molar-refractivity contribution in [3.8, 4) is 5.75 Å². The van der Waals surface area contributed by atoms with Crippen molar-refractivity contribution >= 4 is 16.7 Å². The van der Waals surface area contributed by atoms with Crippen molar-refractivity contribution < 1.29 is 18.7 Å². The summed E-state index contributed by atoms with van der Waals surface area (Å²) >= 11 is 0. The molecule has 1 aliphatic rings. The van der Waals surface area contributed by atoms with Crippen molar-refractivity contribution in [2.75, 3.05) is 26.3 Å². The molecular weight excluding hydrogens is 443 g/mol. The minimum Gasteiger partial charge on any atom is -0.489 e. The first-order chi connectivity index (χ1) is 17.1. The van der Waals surface area contributed by atoms with Gasteiger partial charge >= 0.3 is 0 Å². The Balaban J connectivity index is 1.25. The van der Waals surface area contributed by atoms with Gasteiger partial charge in [-0.25, -0.2) is 4.39 Å². The topological polar surface area (TPSA) is 51.7 Å². The molecule has 0 unspecified atom stereocenters. The van der Waals surface area contributed by atoms with E-state index in [0.29, 0.717) is 37.6 Å². The summed E-state index contributed by atoms with van der Waals surface area (Å²) in [6, 6.07) is 21.9. The van der Waals surface area contributed by atoms with Crippen LogP contribution in [0.15, 0.2) is 85.2 Å². The van der Waals surface area contributed by atoms with Gasteiger partial charge in [-0.05, 0) is 59.3 Å². The second-order valence-corrected chi connectivity index (χ2v) is 8.90. The molecule has 1 aliphatic heterocycles. The SMILES string of the molecule is O=C(c1cccc(OCc2cccc(F)c2)c1)N1CCOC[C@@H](Cc2ccc3cnccc3c2)C1. The van der Waals surface area contributed by atoms with E-state index in [0.717, 1.165) is 22.8 Å². The molecule has 0 N–H and O–H groups in total. The number of benzene rings is 3. The van der Waals surface area contributed by atoms with Crippen molar-refractivity contribution in [2.24, 2.45) is 5.92 Å². The van der Waals surface area contributed by atoms with Crippen LogP contribution in [0.1, 0.15) is 21.5 Å². The summed E-state index contributed by atoms with van der Waals surface area (Å²) in [4.78, 5) is 19.4. The molecular formula is C29H27FN2O3. The van der Waals surface area contributed by atoms with Gasteiger partial charge in [-0.2, -0.15) is 0 Å². The summed E-state index contributed by atoms with van der Waals surface area (Å²) in [5, 5.41) is 2.28. The summed E-state index contributed by atoms with van der Waals surface area (Å²) in [6.45, 7) is 2.54. The van der Waals surface area contributed by atoms with Gasteiger partial charge in [-0.15, -0.1) is 0 Å². The molecule has 1 amide bonds. The zero-order chi connectivity index (χ0) is 24.0. The number of pyridine rings is 1. The zero-order valence-corrected chi connectivity index (χ0v) is 19.4. The van der Waals surface area contributed by atoms with Crippen molar-refractivity contribution in [3.05, 3.63) is 108 Å². The molecule has 0 radical (unpaired) electrons. The molecule has 2 heterocycles. The predicted molar refractivity (Wildman–Crippen MR) is 133 cm³/mol. The molecule has 1 saturated heterocycles. The van der Waals surface area contributed by atoms with Gasteiger partial charge in [0.1, 0.15) is 18.2 Å². The third-order valence-corrected chi connectivity index (χ3v) is 6.23. The van der Waals surface area contributed by atoms with Crippen LogP contribution in [-0.2, 0) is 17.8 Å². The fourth-order valence-corrected chi connectivity index (χ4v) is 4.48. The Kier molecular flexibility index (Phi) is 7.00. The zero-order valence-electron chi connectivity index (χ0n) is 19.4. The van der Waals surface area contributed by atoms with Gasteiger partial charge < -0.3 is 14.4 Å². The number of carbonyl (C=O) groups is 1. The Hall–Kier alpha value is -3.77. The van der Waals surface area contributed by atoms with E-state index in [1.54, 1.807) is 30.5 Å². The van der Waals surface area contributed by atoms with Gasteiger partial charge in [0.05, 0.1) is 13.2 Å². The summed E-state index contributed by atoms with van der Waals surface area (Å²) < 4.78 is 25.1. The number of hydrogen-bond donors (Lipinski definition) is 0. The molecule has 6 heteroatoms. The maximum Gasteiger partial charge on any atom is 0.254 e. The van der Waals surface area contributed by atoms with Gasteiger partial charge in [0.25, 0.3) is 5.91 Å². The number of carbonyl (C=O) groups excluding carboxylic acids is 1. The highest BCUT2D eigenvalue weighted by Crippen LogP contribution is 2.21. The second-order valence-electron chi connectivity index (χ2n) is 8.90. The normalized spacial score (nSPS) is 16.1. The molecule has 1 aromatic heterocycles. The number of halogens is 1. The Bertz CT molecular complexity index is 1330. The van der Waals surface area contributed by atoms with Gasteiger partial charge in [0.15, 0.2) is 0 Å². The summed E-state index contributed by atoms with van der Waals surface area (Å²) in [5.41, 5.74) is 2.53. The van der Waals surface area contributed by atoms with E-state index in [9.17, 15) is 9.18 Å². The highest BCUT2D eigenvalue weighted by Gasteiger charge is 2.24. The van der Waals surface area contributed by atoms with E-state index < -0.39 is 0 Å². The standard InChI is InChI=1S/C29H27FN2O3/c30-27-5-1-3-22(15-27)20-35-28-6-2-4-25(16-28)29(33)32-11-12-34-19-23(18-32)13-21-7-8-26-17-31-10-9-24(26)14-21/h1-10,14-17,23H,11-13,18-20H2/t23-/m0/s1. The van der Waals surface area contributed by atoms with E-state index in [2.05, 4.69) is 23.2 Å². The molecule has 0 spiro atoms. The fourth-order valence-electron chi connectivity index (χ4n) is 4.48. The molecule has 178 valence electrons. The first-order valence-corrected chi connectivity index (χ1v) is 11.8. The lowest BCUT2D eigenvalue weighted by Crippen LogP contribution is -2.36. The largest absolute Gasteiger partial charge is 0.489 e. The predicted octanol–water partition coefficient (Wildman–Crippen LogP) is 5.28. The monoisotopic (exact) mass is 470 g/mol. The number of hydrogen-bond acceptors (Lipinski definition) is 4. The third kappa shape index (κ3) is 5.84. The molecule has 5 nitrogen and oxygen atoms in total. The minimum absolute atomic E-state index is 0.0405. The quantitative estimate of drug-likeness (QED) is 0.385. The molecule has 1 atom stereocenters. The number of amides is 1. The maximum atomic E-state index is 13.4. The first-order valence-electron chi connectivity index (χ1n) is 11.8. The van der Waals surface area contributed by atoms with Crippen molar-refractivity contribution in [1.82, 2.24) is 9.88 Å². The minimum atomic E-state index is -0.298. The van der Waals surface area contributed by atoms with Crippen LogP contribution in [-0.4, -0.2) is 42.1 Å². The number of nitrogens with zero attached hydrogens (tertiary/aromatic N) is 2. The molecule has 0 saturated carbocycles. The Morgan fingerprint density at radius 1 is 1.03 bits per heavy atom. The number of rotatable bonds is 6. The van der Waals surface area contributed by atoms with Gasteiger partial charge in [0, 0.05) is 42.4 Å². The van der Waals surface area contributed by atoms with E-state index in [-0.39, 0.29) is 24.2 Å². The van der Waals surface area contributed by atoms with Crippen LogP contribution < -0.4 is 4.74 Å². The van der Waals surface area contributed by atoms with Crippen LogP contribution in [0, 0.1) is 11.7 Å². The number of ether oxygens (including phenoxy) is 2. The lowest BCUT2D eigenvalue weighted by molar-refractivity contribution is 0.0737. The van der Waals surface area contributed by atoms with E-state index >= 15 is 0 Å². The lowest BCUT2D eigenvalue weighted by atomic mass is 9.97. The van der Waals surface area contributed by atoms with Gasteiger partial charge in [-0.3, -0.25) is 9.78 Å². The third-order valence-electron chi connectivity index (χ3n) is 6.23. The number of fused-ring (bicyclic) bond motifs is 1. The molecule has 0 aliphatic carbocycles. The highest BCUT2D eigenvalue weighted by atomic mass is 19.1. The fraction of sp³-hybridized carbons (Fsp3) is 0.241. The molecule has 3 aromatic carbocycles. The van der Waals surface area contributed by atoms with E-state index in [1.807, 2.05) is 29.3 Å². The van der Waals surface area contributed by atoms with E-state index in [1.165, 1.54) is 17.7 Å². The highest BCUT2D eigenvalue weighted by molar-refractivity contribution is 5.94. The molecule has 5 rings (SSSR count). The summed E-state index contributed by atoms with van der Waals surface area (Å²) in [6.07, 6.45) is 4.50. The van der Waals surface area contributed by atoms with Crippen molar-refractivity contribution in [1.29, 1.82) is 0 Å². The smallest absolute Gasteiger partial charge is 0.254 e. The first kappa shape index (κ1) is 23.0. The molecule has 4 aromatic rings. The van der Waals surface area contributed by atoms with Gasteiger partial charge in [0.2, 0.25) is 0 Å². The van der Waals surface area contributed by atoms with Crippen LogP contribution in [0.5, 0.6) is 5.75 Å². The average Bonchev–Trinajstić information content (AvgIpc) is 3.13. The van der Waals surface area contributed by atoms with Crippen LogP contribution in [0.25, 0.3) is 10.8 Å². The van der Waals surface area contributed by atoms with Crippen molar-refractivity contribution in [2.45, 2.75) is 13.0 Å². The Labute approximate surface area is 204 Å². The number of aromatic nitrogens is 1. The second kappa shape index (κ2) is 10.7. The molecule has 0 bridgehead atoms. The van der Waals surface area contributed by atoms with E-state index in [4.69, 9.17) is 9.47 Å². The lowest BCUT2D eigenvalue weighted by Gasteiger charge is -2.24. The Morgan fingerprint density at radius 3 is 2.86 bits per heavy atom. The maximum absolute atomic E-state index is 13.4. The van der Waals surface area contributed by atoms with Crippen LogP contribution in [0.4, 0.5) is 4.39 Å². The van der Waals surface area contributed by atoms with Crippen LogP contribution in [0.3, 0.4) is 0 Å². The summed E-state index contributed by atoms with van der Waals surface area (Å²) in [7, 11) is 0. The van der Waals surface area contributed by atoms with Crippen LogP contribution in [0.2, 0.25) is 0 Å².